The third-order valence-electron chi connectivity index (χ3n) is 12.6. The van der Waals surface area contributed by atoms with Crippen LogP contribution < -0.4 is 5.32 Å². The van der Waals surface area contributed by atoms with E-state index in [1.807, 2.05) is 0 Å². The van der Waals surface area contributed by atoms with Crippen molar-refractivity contribution in [2.45, 2.75) is 296 Å². The fraction of sp³-hybridized carbons (Fsp3) is 0.907. The molecule has 0 saturated heterocycles. The van der Waals surface area contributed by atoms with Gasteiger partial charge in [0.2, 0.25) is 5.91 Å². The van der Waals surface area contributed by atoms with Crippen LogP contribution in [0.1, 0.15) is 284 Å². The lowest BCUT2D eigenvalue weighted by Crippen LogP contribution is -2.43. The first-order chi connectivity index (χ1) is 32.1. The number of unbranched alkanes of at least 4 members (excludes halogenated alkanes) is 37. The van der Waals surface area contributed by atoms with Crippen LogP contribution in [0.15, 0.2) is 12.2 Å². The summed E-state index contributed by atoms with van der Waals surface area (Å²) in [4.78, 5) is 46.2. The van der Waals surface area contributed by atoms with Gasteiger partial charge in [-0.2, -0.15) is 0 Å². The summed E-state index contributed by atoms with van der Waals surface area (Å²) in [6, 6.07) is -1.54. The molecule has 0 spiro atoms. The van der Waals surface area contributed by atoms with Crippen molar-refractivity contribution in [3.8, 4) is 0 Å². The number of carboxylic acids is 1. The second kappa shape index (κ2) is 49.6. The first-order valence-electron chi connectivity index (χ1n) is 27.7. The molecule has 0 heterocycles. The molecule has 12 heteroatoms. The topological polar surface area (TPSA) is 169 Å². The van der Waals surface area contributed by atoms with Gasteiger partial charge in [0.1, 0.15) is 12.7 Å². The van der Waals surface area contributed by atoms with E-state index >= 15 is 0 Å². The van der Waals surface area contributed by atoms with Crippen molar-refractivity contribution in [1.29, 1.82) is 0 Å². The third kappa shape index (κ3) is 48.7. The van der Waals surface area contributed by atoms with E-state index in [1.54, 1.807) is 0 Å². The summed E-state index contributed by atoms with van der Waals surface area (Å²) in [7, 11) is -4.76. The van der Waals surface area contributed by atoms with Crippen molar-refractivity contribution < 1.29 is 47.8 Å². The van der Waals surface area contributed by atoms with Crippen LogP contribution in [0, 0.1) is 0 Å². The monoisotopic (exact) mass is 958 g/mol. The van der Waals surface area contributed by atoms with Crippen LogP contribution >= 0.6 is 7.82 Å². The molecule has 11 nitrogen and oxygen atoms in total. The SMILES string of the molecule is CCCCCCCC/C=C/CCCCCCCCCCCC(=O)OCC(O)COP(=O)(O)OCC(NC(=O)CCCCCCCCCCCCCCCCCCCCCCCCC)C(=O)O. The number of aliphatic hydroxyl groups excluding tert-OH is 1. The Kier molecular flexibility index (Phi) is 48.3. The molecule has 0 aliphatic carbocycles. The second-order valence-electron chi connectivity index (χ2n) is 19.1. The molecule has 0 radical (unpaired) electrons. The van der Waals surface area contributed by atoms with Crippen LogP contribution in [0.5, 0.6) is 0 Å². The number of esters is 1. The van der Waals surface area contributed by atoms with Gasteiger partial charge in [0.25, 0.3) is 0 Å². The molecule has 0 saturated carbocycles. The average molecular weight is 958 g/mol. The number of hydrogen-bond acceptors (Lipinski definition) is 8. The lowest BCUT2D eigenvalue weighted by Gasteiger charge is -2.18. The van der Waals surface area contributed by atoms with E-state index in [-0.39, 0.29) is 12.8 Å². The number of aliphatic hydroxyl groups is 1. The van der Waals surface area contributed by atoms with Gasteiger partial charge in [0, 0.05) is 12.8 Å². The highest BCUT2D eigenvalue weighted by Crippen LogP contribution is 2.43. The van der Waals surface area contributed by atoms with Crippen LogP contribution in [0.4, 0.5) is 0 Å². The number of phosphoric acid groups is 1. The van der Waals surface area contributed by atoms with Crippen molar-refractivity contribution in [3.63, 3.8) is 0 Å². The smallest absolute Gasteiger partial charge is 0.472 e. The molecule has 4 N–H and O–H groups in total. The van der Waals surface area contributed by atoms with E-state index in [2.05, 4.69) is 31.3 Å². The van der Waals surface area contributed by atoms with Crippen LogP contribution in [0.3, 0.4) is 0 Å². The molecule has 3 atom stereocenters. The summed E-state index contributed by atoms with van der Waals surface area (Å²) < 4.78 is 27.0. The van der Waals surface area contributed by atoms with Crippen LogP contribution in [-0.2, 0) is 32.7 Å². The second-order valence-corrected chi connectivity index (χ2v) is 20.6. The van der Waals surface area contributed by atoms with E-state index in [0.717, 1.165) is 38.5 Å². The Balaban J connectivity index is 3.76. The lowest BCUT2D eigenvalue weighted by molar-refractivity contribution is -0.147. The van der Waals surface area contributed by atoms with Gasteiger partial charge in [-0.25, -0.2) is 9.36 Å². The number of aliphatic carboxylic acids is 1. The highest BCUT2D eigenvalue weighted by molar-refractivity contribution is 7.47. The summed E-state index contributed by atoms with van der Waals surface area (Å²) in [5.74, 6) is -2.35. The molecular weight excluding hydrogens is 854 g/mol. The van der Waals surface area contributed by atoms with Gasteiger partial charge in [-0.3, -0.25) is 18.6 Å². The zero-order chi connectivity index (χ0) is 48.4. The van der Waals surface area contributed by atoms with Crippen LogP contribution in [-0.4, -0.2) is 64.9 Å². The maximum atomic E-state index is 12.4. The largest absolute Gasteiger partial charge is 0.480 e. The van der Waals surface area contributed by atoms with Gasteiger partial charge >= 0.3 is 19.8 Å². The van der Waals surface area contributed by atoms with Crippen molar-refractivity contribution in [2.75, 3.05) is 19.8 Å². The predicted molar refractivity (Wildman–Crippen MR) is 273 cm³/mol. The quantitative estimate of drug-likeness (QED) is 0.0199. The fourth-order valence-corrected chi connectivity index (χ4v) is 9.03. The van der Waals surface area contributed by atoms with Crippen LogP contribution in [0.2, 0.25) is 0 Å². The third-order valence-corrected chi connectivity index (χ3v) is 13.5. The summed E-state index contributed by atoms with van der Waals surface area (Å²) in [6.45, 7) is 2.65. The first kappa shape index (κ1) is 64.2. The lowest BCUT2D eigenvalue weighted by atomic mass is 10.0. The number of hydrogen-bond donors (Lipinski definition) is 4. The number of carboxylic acid groups (broad SMARTS) is 1. The highest BCUT2D eigenvalue weighted by atomic mass is 31.2. The minimum absolute atomic E-state index is 0.152. The van der Waals surface area contributed by atoms with Gasteiger partial charge in [-0.05, 0) is 38.5 Å². The molecule has 0 aromatic rings. The molecule has 0 bridgehead atoms. The Morgan fingerprint density at radius 2 is 0.788 bits per heavy atom. The molecule has 0 aliphatic rings. The Bertz CT molecular complexity index is 1170. The maximum Gasteiger partial charge on any atom is 0.472 e. The summed E-state index contributed by atoms with van der Waals surface area (Å²) in [5.41, 5.74) is 0. The van der Waals surface area contributed by atoms with Gasteiger partial charge in [0.05, 0.1) is 13.2 Å². The number of allylic oxidation sites excluding steroid dienone is 2. The van der Waals surface area contributed by atoms with E-state index in [9.17, 15) is 34.1 Å². The fourth-order valence-electron chi connectivity index (χ4n) is 8.26. The molecule has 1 amide bonds. The van der Waals surface area contributed by atoms with Gasteiger partial charge < -0.3 is 25.2 Å². The number of rotatable bonds is 53. The number of amides is 1. The minimum Gasteiger partial charge on any atom is -0.480 e. The van der Waals surface area contributed by atoms with E-state index in [4.69, 9.17) is 13.8 Å². The van der Waals surface area contributed by atoms with Gasteiger partial charge in [0.15, 0.2) is 6.04 Å². The zero-order valence-corrected chi connectivity index (χ0v) is 43.7. The number of phosphoric ester groups is 1. The molecule has 66 heavy (non-hydrogen) atoms. The molecule has 390 valence electrons. The highest BCUT2D eigenvalue weighted by Gasteiger charge is 2.28. The zero-order valence-electron chi connectivity index (χ0n) is 42.8. The predicted octanol–water partition coefficient (Wildman–Crippen LogP) is 15.6. The summed E-state index contributed by atoms with van der Waals surface area (Å²) in [6.07, 6.45) is 53.8. The Morgan fingerprint density at radius 3 is 1.15 bits per heavy atom. The van der Waals surface area contributed by atoms with Crippen LogP contribution in [0.25, 0.3) is 0 Å². The van der Waals surface area contributed by atoms with E-state index in [0.29, 0.717) is 12.8 Å². The molecule has 3 unspecified atom stereocenters. The molecule has 0 aromatic heterocycles. The molecule has 0 rings (SSSR count). The van der Waals surface area contributed by atoms with Crippen molar-refractivity contribution in [2.24, 2.45) is 0 Å². The number of nitrogens with one attached hydrogen (secondary N) is 1. The number of carbonyl (C=O) groups excluding carboxylic acids is 2. The van der Waals surface area contributed by atoms with E-state index < -0.39 is 57.6 Å². The number of carbonyl (C=O) groups is 3. The maximum absolute atomic E-state index is 12.4. The Labute approximate surface area is 405 Å². The first-order valence-corrected chi connectivity index (χ1v) is 29.2. The molecular formula is C54H104NO10P. The van der Waals surface area contributed by atoms with Crippen molar-refractivity contribution in [1.82, 2.24) is 5.32 Å². The standard InChI is InChI=1S/C54H104NO10P/c1-3-5-7-9-11-13-15-17-19-21-23-24-25-26-28-29-31-33-35-37-39-41-43-45-52(57)55-51(54(59)60)49-65-66(61,62)64-48-50(56)47-63-53(58)46-44-42-40-38-36-34-32-30-27-22-20-18-16-14-12-10-8-6-4-2/h18,20,50-51,56H,3-17,19,21-49H2,1-2H3,(H,55,57)(H,59,60)(H,61,62)/b20-18+. The summed E-state index contributed by atoms with van der Waals surface area (Å²) in [5, 5.41) is 22.0. The average Bonchev–Trinajstić information content (AvgIpc) is 3.29. The molecule has 0 aromatic carbocycles. The minimum atomic E-state index is -4.76. The normalized spacial score (nSPS) is 13.5. The van der Waals surface area contributed by atoms with Gasteiger partial charge in [-0.1, -0.05) is 244 Å². The molecule has 0 aliphatic heterocycles. The van der Waals surface area contributed by atoms with Crippen molar-refractivity contribution >= 4 is 25.7 Å². The Morgan fingerprint density at radius 1 is 0.470 bits per heavy atom. The van der Waals surface area contributed by atoms with E-state index in [1.165, 1.54) is 205 Å². The number of ether oxygens (including phenoxy) is 1. The van der Waals surface area contributed by atoms with Crippen molar-refractivity contribution in [3.05, 3.63) is 12.2 Å². The summed E-state index contributed by atoms with van der Waals surface area (Å²) >= 11 is 0. The van der Waals surface area contributed by atoms with Gasteiger partial charge in [-0.15, -0.1) is 0 Å². The Hall–Kier alpha value is -1.78. The molecule has 0 fully saturated rings.